The highest BCUT2D eigenvalue weighted by Crippen LogP contribution is 2.50. The molecule has 0 saturated carbocycles. The molecular weight excluding hydrogens is 720 g/mol. The molecule has 0 bridgehead atoms. The Hall–Kier alpha value is -4.96. The predicted octanol–water partition coefficient (Wildman–Crippen LogP) is 12.9. The molecule has 0 spiro atoms. The van der Waals surface area contributed by atoms with E-state index in [2.05, 4.69) is 107 Å². The lowest BCUT2D eigenvalue weighted by Gasteiger charge is -2.24. The van der Waals surface area contributed by atoms with Crippen molar-refractivity contribution in [3.8, 4) is 34.1 Å². The fourth-order valence-corrected chi connectivity index (χ4v) is 8.05. The van der Waals surface area contributed by atoms with E-state index in [0.29, 0.717) is 29.5 Å². The number of aryl methyl sites for hydroxylation is 1. The summed E-state index contributed by atoms with van der Waals surface area (Å²) in [4.78, 5) is 0. The average Bonchev–Trinajstić information content (AvgIpc) is 3.20. The smallest absolute Gasteiger partial charge is 0.275 e. The van der Waals surface area contributed by atoms with E-state index < -0.39 is 15.3 Å². The van der Waals surface area contributed by atoms with Crippen LogP contribution in [0.25, 0.3) is 32.7 Å². The zero-order valence-corrected chi connectivity index (χ0v) is 33.8. The summed E-state index contributed by atoms with van der Waals surface area (Å²) < 4.78 is 26.1. The van der Waals surface area contributed by atoms with Crippen molar-refractivity contribution < 1.29 is 23.2 Å². The molecule has 0 radical (unpaired) electrons. The van der Waals surface area contributed by atoms with E-state index in [4.69, 9.17) is 18.1 Å². The van der Waals surface area contributed by atoms with Crippen LogP contribution in [0, 0.1) is 6.92 Å². The summed E-state index contributed by atoms with van der Waals surface area (Å²) in [6, 6.07) is 47.0. The zero-order chi connectivity index (χ0) is 38.3. The zero-order valence-electron chi connectivity index (χ0n) is 31.8. The Labute approximate surface area is 327 Å². The van der Waals surface area contributed by atoms with Crippen LogP contribution in [0.2, 0.25) is 0 Å². The summed E-state index contributed by atoms with van der Waals surface area (Å²) in [5.41, 5.74) is 6.71. The molecule has 0 aromatic heterocycles. The number of benzene rings is 7. The van der Waals surface area contributed by atoms with Crippen LogP contribution in [0.4, 0.5) is 0 Å². The van der Waals surface area contributed by atoms with Crippen molar-refractivity contribution in [1.29, 1.82) is 0 Å². The van der Waals surface area contributed by atoms with Gasteiger partial charge in [-0.2, -0.15) is 0 Å². The molecule has 0 aliphatic rings. The van der Waals surface area contributed by atoms with Crippen LogP contribution >= 0.6 is 18.1 Å². The summed E-state index contributed by atoms with van der Waals surface area (Å²) in [6.07, 6.45) is -1.07. The first kappa shape index (κ1) is 38.3. The molecule has 0 amide bonds. The van der Waals surface area contributed by atoms with Crippen LogP contribution in [-0.4, -0.2) is 5.11 Å². The number of nitrogens with one attached hydrogen (secondary N) is 1. The van der Waals surface area contributed by atoms with E-state index >= 15 is 0 Å². The van der Waals surface area contributed by atoms with Crippen molar-refractivity contribution >= 4 is 39.6 Å². The molecule has 6 nitrogen and oxygen atoms in total. The summed E-state index contributed by atoms with van der Waals surface area (Å²) in [6.45, 7) is 11.1. The largest absolute Gasteiger partial charge is 0.440 e. The van der Waals surface area contributed by atoms with E-state index in [1.165, 1.54) is 5.56 Å². The Kier molecular flexibility index (Phi) is 12.3. The fourth-order valence-electron chi connectivity index (χ4n) is 6.86. The molecule has 2 N–H and O–H groups in total. The van der Waals surface area contributed by atoms with Crippen LogP contribution in [0.5, 0.6) is 23.0 Å². The molecule has 7 rings (SSSR count). The second-order valence-corrected chi connectivity index (χ2v) is 15.4. The Bertz CT molecular complexity index is 2400. The highest BCUT2D eigenvalue weighted by Gasteiger charge is 2.26. The Morgan fingerprint density at radius 1 is 0.527 bits per heavy atom. The minimum absolute atomic E-state index is 0.270. The molecule has 0 saturated heterocycles. The summed E-state index contributed by atoms with van der Waals surface area (Å²) >= 11 is 0. The van der Waals surface area contributed by atoms with Gasteiger partial charge in [0.1, 0.15) is 29.2 Å². The van der Waals surface area contributed by atoms with Gasteiger partial charge in [-0.05, 0) is 81.3 Å². The predicted molar refractivity (Wildman–Crippen MR) is 230 cm³/mol. The quantitative estimate of drug-likeness (QED) is 0.0800. The van der Waals surface area contributed by atoms with Gasteiger partial charge in [-0.3, -0.25) is 5.32 Å². The van der Waals surface area contributed by atoms with Gasteiger partial charge in [-0.1, -0.05) is 149 Å². The van der Waals surface area contributed by atoms with Crippen LogP contribution in [-0.2, 0) is 6.54 Å². The highest BCUT2D eigenvalue weighted by atomic mass is 31.1. The van der Waals surface area contributed by atoms with Crippen LogP contribution in [0.15, 0.2) is 140 Å². The van der Waals surface area contributed by atoms with Gasteiger partial charge in [0.2, 0.25) is 0 Å². The summed E-state index contributed by atoms with van der Waals surface area (Å²) in [5.74, 6) is 3.30. The van der Waals surface area contributed by atoms with Gasteiger partial charge in [0.15, 0.2) is 0 Å². The second-order valence-electron chi connectivity index (χ2n) is 14.3. The first-order valence-electron chi connectivity index (χ1n) is 18.7. The minimum Gasteiger partial charge on any atom is -0.440 e. The van der Waals surface area contributed by atoms with Crippen LogP contribution < -0.4 is 23.4 Å². The van der Waals surface area contributed by atoms with Gasteiger partial charge < -0.3 is 23.2 Å². The van der Waals surface area contributed by atoms with E-state index in [1.807, 2.05) is 72.8 Å². The second kappa shape index (κ2) is 17.7. The highest BCUT2D eigenvalue weighted by molar-refractivity contribution is 7.27. The van der Waals surface area contributed by atoms with Gasteiger partial charge in [0.25, 0.3) is 18.1 Å². The Balaban J connectivity index is 1.36. The third kappa shape index (κ3) is 8.80. The van der Waals surface area contributed by atoms with E-state index in [9.17, 15) is 5.11 Å². The molecule has 3 unspecified atom stereocenters. The van der Waals surface area contributed by atoms with Crippen molar-refractivity contribution in [1.82, 2.24) is 5.32 Å². The third-order valence-electron chi connectivity index (χ3n) is 9.77. The number of rotatable bonds is 15. The minimum atomic E-state index is -1.07. The number of aliphatic hydroxyl groups excluding tert-OH is 1. The number of fused-ring (bicyclic) bond motifs is 2. The maximum absolute atomic E-state index is 12.0. The Morgan fingerprint density at radius 2 is 1.05 bits per heavy atom. The van der Waals surface area contributed by atoms with Crippen LogP contribution in [0.3, 0.4) is 0 Å². The maximum atomic E-state index is 12.0. The molecular formula is C47H47NO5P2. The van der Waals surface area contributed by atoms with Gasteiger partial charge in [-0.25, -0.2) is 0 Å². The van der Waals surface area contributed by atoms with Gasteiger partial charge >= 0.3 is 0 Å². The third-order valence-corrected chi connectivity index (χ3v) is 11.0. The van der Waals surface area contributed by atoms with Gasteiger partial charge in [0.05, 0.1) is 0 Å². The lowest BCUT2D eigenvalue weighted by atomic mass is 9.90. The van der Waals surface area contributed by atoms with Crippen molar-refractivity contribution in [3.05, 3.63) is 167 Å². The van der Waals surface area contributed by atoms with Crippen molar-refractivity contribution in [3.63, 3.8) is 0 Å². The normalized spacial score (nSPS) is 12.4. The lowest BCUT2D eigenvalue weighted by molar-refractivity contribution is 0.135. The number of hydrogen-bond donors (Lipinski definition) is 2. The SMILES string of the molecule is Cc1ccc(CNC(O)c2cc3ccccc3c(-c3c(OPOc4ccccc4C(C)C)ccc4ccccc34)c2OPOc2ccccc2C(C)C)cc1. The summed E-state index contributed by atoms with van der Waals surface area (Å²) in [7, 11) is -0.709. The van der Waals surface area contributed by atoms with Gasteiger partial charge in [-0.15, -0.1) is 0 Å². The van der Waals surface area contributed by atoms with E-state index in [-0.39, 0.29) is 15.0 Å². The molecule has 7 aromatic rings. The molecule has 0 aliphatic heterocycles. The van der Waals surface area contributed by atoms with Crippen molar-refractivity contribution in [2.24, 2.45) is 0 Å². The Morgan fingerprint density at radius 3 is 1.69 bits per heavy atom. The average molecular weight is 768 g/mol. The molecule has 0 aliphatic carbocycles. The molecule has 7 aromatic carbocycles. The topological polar surface area (TPSA) is 69.2 Å². The number of aliphatic hydroxyl groups is 1. The van der Waals surface area contributed by atoms with Crippen molar-refractivity contribution in [2.75, 3.05) is 0 Å². The molecule has 0 heterocycles. The molecule has 55 heavy (non-hydrogen) atoms. The number of hydrogen-bond acceptors (Lipinski definition) is 6. The molecule has 280 valence electrons. The standard InChI is InChI=1S/C47H47NO5P2/c1-30(2)36-16-10-12-20-41(36)50-54-52-43-27-26-34-14-6-8-18-38(34)44(43)45-39-19-9-7-15-35(39)28-40(47(49)48-29-33-24-22-32(5)23-25-33)46(45)53-55-51-42-21-13-11-17-37(42)31(3)4/h6-28,30-31,47-49,54-55H,29H2,1-5H3. The monoisotopic (exact) mass is 767 g/mol. The first-order valence-corrected chi connectivity index (χ1v) is 20.3. The summed E-state index contributed by atoms with van der Waals surface area (Å²) in [5, 5.41) is 19.3. The molecule has 3 atom stereocenters. The van der Waals surface area contributed by atoms with E-state index in [1.54, 1.807) is 0 Å². The first-order chi connectivity index (χ1) is 26.8. The van der Waals surface area contributed by atoms with Crippen molar-refractivity contribution in [2.45, 2.75) is 59.2 Å². The van der Waals surface area contributed by atoms with Crippen LogP contribution in [0.1, 0.15) is 73.6 Å². The van der Waals surface area contributed by atoms with Gasteiger partial charge in [0, 0.05) is 23.2 Å². The molecule has 8 heteroatoms. The molecule has 0 fully saturated rings. The van der Waals surface area contributed by atoms with E-state index in [0.717, 1.165) is 60.9 Å². The number of para-hydroxylation sites is 2. The maximum Gasteiger partial charge on any atom is 0.275 e. The fraction of sp³-hybridized carbons (Fsp3) is 0.191. The lowest BCUT2D eigenvalue weighted by Crippen LogP contribution is -2.21.